The average molecular weight is 324 g/mol. The zero-order valence-corrected chi connectivity index (χ0v) is 13.2. The van der Waals surface area contributed by atoms with Crippen molar-refractivity contribution in [3.63, 3.8) is 0 Å². The van der Waals surface area contributed by atoms with E-state index in [4.69, 9.17) is 21.1 Å². The molecule has 3 heterocycles. The molecule has 0 bridgehead atoms. The Morgan fingerprint density at radius 3 is 2.91 bits per heavy atom. The molecule has 2 aromatic heterocycles. The summed E-state index contributed by atoms with van der Waals surface area (Å²) >= 11 is 6.01. The van der Waals surface area contributed by atoms with Crippen molar-refractivity contribution in [2.24, 2.45) is 5.92 Å². The molecule has 118 valence electrons. The number of aromatic nitrogens is 3. The number of carbonyl (C=O) groups is 1. The minimum atomic E-state index is -0.323. The van der Waals surface area contributed by atoms with Crippen LogP contribution < -0.4 is 0 Å². The summed E-state index contributed by atoms with van der Waals surface area (Å²) in [5.41, 5.74) is 1.50. The highest BCUT2D eigenvalue weighted by atomic mass is 35.5. The van der Waals surface area contributed by atoms with Crippen molar-refractivity contribution in [3.8, 4) is 0 Å². The van der Waals surface area contributed by atoms with E-state index in [1.54, 1.807) is 6.07 Å². The van der Waals surface area contributed by atoms with Gasteiger partial charge in [0.1, 0.15) is 23.1 Å². The van der Waals surface area contributed by atoms with Crippen LogP contribution >= 0.6 is 11.6 Å². The fourth-order valence-corrected chi connectivity index (χ4v) is 2.82. The second-order valence-electron chi connectivity index (χ2n) is 5.45. The monoisotopic (exact) mass is 323 g/mol. The minimum absolute atomic E-state index is 0.145. The Kier molecular flexibility index (Phi) is 4.59. The quantitative estimate of drug-likeness (QED) is 0.639. The molecule has 3 rings (SSSR count). The van der Waals surface area contributed by atoms with Crippen LogP contribution in [0, 0.1) is 5.92 Å². The summed E-state index contributed by atoms with van der Waals surface area (Å²) < 4.78 is 12.5. The van der Waals surface area contributed by atoms with E-state index in [2.05, 4.69) is 9.97 Å². The lowest BCUT2D eigenvalue weighted by Gasteiger charge is -2.23. The molecule has 7 heteroatoms. The summed E-state index contributed by atoms with van der Waals surface area (Å²) in [7, 11) is 0. The first-order valence-electron chi connectivity index (χ1n) is 7.36. The third kappa shape index (κ3) is 3.39. The molecule has 0 spiro atoms. The SMILES string of the molecule is CC(=O)OCc1nc2ccc(Cl)nc2n1CC1CCOCC1. The Hall–Kier alpha value is -1.66. The molecule has 1 saturated heterocycles. The summed E-state index contributed by atoms with van der Waals surface area (Å²) in [6.07, 6.45) is 2.01. The number of imidazole rings is 1. The van der Waals surface area contributed by atoms with Gasteiger partial charge in [-0.1, -0.05) is 11.6 Å². The summed E-state index contributed by atoms with van der Waals surface area (Å²) in [4.78, 5) is 20.0. The molecule has 0 radical (unpaired) electrons. The predicted molar refractivity (Wildman–Crippen MR) is 81.6 cm³/mol. The van der Waals surface area contributed by atoms with Gasteiger partial charge in [-0.25, -0.2) is 9.97 Å². The standard InChI is InChI=1S/C15H18ClN3O3/c1-10(20)22-9-14-17-12-2-3-13(16)18-15(12)19(14)8-11-4-6-21-7-5-11/h2-3,11H,4-9H2,1H3. The maximum atomic E-state index is 11.1. The third-order valence-electron chi connectivity index (χ3n) is 3.82. The van der Waals surface area contributed by atoms with E-state index in [0.717, 1.165) is 43.8 Å². The number of carbonyl (C=O) groups excluding carboxylic acids is 1. The molecule has 2 aromatic rings. The topological polar surface area (TPSA) is 66.2 Å². The number of halogens is 1. The van der Waals surface area contributed by atoms with Crippen LogP contribution in [0.1, 0.15) is 25.6 Å². The van der Waals surface area contributed by atoms with Crippen LogP contribution in [0.25, 0.3) is 11.2 Å². The van der Waals surface area contributed by atoms with Gasteiger partial charge < -0.3 is 14.0 Å². The maximum absolute atomic E-state index is 11.1. The number of nitrogens with zero attached hydrogens (tertiary/aromatic N) is 3. The van der Waals surface area contributed by atoms with Crippen LogP contribution in [0.2, 0.25) is 5.15 Å². The van der Waals surface area contributed by atoms with Crippen LogP contribution in [0.5, 0.6) is 0 Å². The maximum Gasteiger partial charge on any atom is 0.303 e. The zero-order valence-electron chi connectivity index (χ0n) is 12.4. The number of hydrogen-bond acceptors (Lipinski definition) is 5. The lowest BCUT2D eigenvalue weighted by atomic mass is 10.0. The van der Waals surface area contributed by atoms with Crippen molar-refractivity contribution in [2.45, 2.75) is 32.9 Å². The molecule has 0 atom stereocenters. The lowest BCUT2D eigenvalue weighted by Crippen LogP contribution is -2.22. The smallest absolute Gasteiger partial charge is 0.303 e. The second kappa shape index (κ2) is 6.62. The van der Waals surface area contributed by atoms with E-state index in [0.29, 0.717) is 16.9 Å². The highest BCUT2D eigenvalue weighted by Crippen LogP contribution is 2.23. The molecule has 1 aliphatic heterocycles. The molecule has 6 nitrogen and oxygen atoms in total. The Bertz CT molecular complexity index is 680. The predicted octanol–water partition coefficient (Wildman–Crippen LogP) is 2.57. The summed E-state index contributed by atoms with van der Waals surface area (Å²) in [6, 6.07) is 3.55. The van der Waals surface area contributed by atoms with Gasteiger partial charge in [-0.3, -0.25) is 4.79 Å². The van der Waals surface area contributed by atoms with Crippen LogP contribution in [0.3, 0.4) is 0 Å². The van der Waals surface area contributed by atoms with Crippen molar-refractivity contribution in [1.29, 1.82) is 0 Å². The molecule has 22 heavy (non-hydrogen) atoms. The van der Waals surface area contributed by atoms with Crippen LogP contribution in [-0.4, -0.2) is 33.7 Å². The largest absolute Gasteiger partial charge is 0.458 e. The highest BCUT2D eigenvalue weighted by Gasteiger charge is 2.19. The Balaban J connectivity index is 1.93. The van der Waals surface area contributed by atoms with Crippen LogP contribution in [-0.2, 0) is 27.4 Å². The van der Waals surface area contributed by atoms with E-state index < -0.39 is 0 Å². The van der Waals surface area contributed by atoms with E-state index in [1.807, 2.05) is 10.6 Å². The molecule has 0 amide bonds. The van der Waals surface area contributed by atoms with Gasteiger partial charge in [0, 0.05) is 26.7 Å². The second-order valence-corrected chi connectivity index (χ2v) is 5.84. The summed E-state index contributed by atoms with van der Waals surface area (Å²) in [5.74, 6) is 0.880. The van der Waals surface area contributed by atoms with Gasteiger partial charge in [0.25, 0.3) is 0 Å². The van der Waals surface area contributed by atoms with Crippen LogP contribution in [0.4, 0.5) is 0 Å². The van der Waals surface area contributed by atoms with Crippen molar-refractivity contribution in [3.05, 3.63) is 23.1 Å². The van der Waals surface area contributed by atoms with Gasteiger partial charge in [0.15, 0.2) is 5.65 Å². The summed E-state index contributed by atoms with van der Waals surface area (Å²) in [5, 5.41) is 0.430. The average Bonchev–Trinajstić information content (AvgIpc) is 2.84. The molecular formula is C15H18ClN3O3. The number of rotatable bonds is 4. The first-order chi connectivity index (χ1) is 10.6. The van der Waals surface area contributed by atoms with E-state index in [9.17, 15) is 4.79 Å². The van der Waals surface area contributed by atoms with Crippen molar-refractivity contribution in [2.75, 3.05) is 13.2 Å². The first kappa shape index (κ1) is 15.2. The molecule has 0 aromatic carbocycles. The minimum Gasteiger partial charge on any atom is -0.458 e. The van der Waals surface area contributed by atoms with E-state index in [-0.39, 0.29) is 12.6 Å². The van der Waals surface area contributed by atoms with Crippen molar-refractivity contribution < 1.29 is 14.3 Å². The van der Waals surface area contributed by atoms with Crippen molar-refractivity contribution >= 4 is 28.7 Å². The van der Waals surface area contributed by atoms with Gasteiger partial charge >= 0.3 is 5.97 Å². The molecule has 0 unspecified atom stereocenters. The molecular weight excluding hydrogens is 306 g/mol. The number of fused-ring (bicyclic) bond motifs is 1. The van der Waals surface area contributed by atoms with Gasteiger partial charge in [-0.15, -0.1) is 0 Å². The van der Waals surface area contributed by atoms with Crippen LogP contribution in [0.15, 0.2) is 12.1 Å². The van der Waals surface area contributed by atoms with Crippen molar-refractivity contribution in [1.82, 2.24) is 14.5 Å². The van der Waals surface area contributed by atoms with Gasteiger partial charge in [-0.05, 0) is 30.9 Å². The van der Waals surface area contributed by atoms with Gasteiger partial charge in [-0.2, -0.15) is 0 Å². The highest BCUT2D eigenvalue weighted by molar-refractivity contribution is 6.29. The van der Waals surface area contributed by atoms with Gasteiger partial charge in [0.2, 0.25) is 0 Å². The molecule has 0 aliphatic carbocycles. The summed E-state index contributed by atoms with van der Waals surface area (Å²) in [6.45, 7) is 3.88. The van der Waals surface area contributed by atoms with E-state index >= 15 is 0 Å². The number of pyridine rings is 1. The Morgan fingerprint density at radius 2 is 2.18 bits per heavy atom. The number of esters is 1. The van der Waals surface area contributed by atoms with E-state index in [1.165, 1.54) is 6.92 Å². The van der Waals surface area contributed by atoms with Gasteiger partial charge in [0.05, 0.1) is 0 Å². The Labute approximate surface area is 133 Å². The number of hydrogen-bond donors (Lipinski definition) is 0. The zero-order chi connectivity index (χ0) is 15.5. The third-order valence-corrected chi connectivity index (χ3v) is 4.03. The molecule has 1 aliphatic rings. The lowest BCUT2D eigenvalue weighted by molar-refractivity contribution is -0.142. The number of ether oxygens (including phenoxy) is 2. The first-order valence-corrected chi connectivity index (χ1v) is 7.74. The molecule has 0 N–H and O–H groups in total. The molecule has 0 saturated carbocycles. The fourth-order valence-electron chi connectivity index (χ4n) is 2.68. The molecule has 1 fully saturated rings. The Morgan fingerprint density at radius 1 is 1.41 bits per heavy atom. The normalized spacial score (nSPS) is 16.1. The fraction of sp³-hybridized carbons (Fsp3) is 0.533.